The van der Waals surface area contributed by atoms with E-state index in [0.717, 1.165) is 10.2 Å². The monoisotopic (exact) mass is 372 g/mol. The standard InChI is InChI=1S/C13H7BrClFN2OS/c14-7-1-2-10(9(16)5-7)19-6-11-17-12(15)8-3-4-20-13(8)18-11/h1-5H,6H2. The van der Waals surface area contributed by atoms with Gasteiger partial charge in [-0.05, 0) is 29.6 Å². The number of hydrogen-bond acceptors (Lipinski definition) is 4. The average Bonchev–Trinajstić information content (AvgIpc) is 2.86. The van der Waals surface area contributed by atoms with Crippen molar-refractivity contribution in [2.24, 2.45) is 0 Å². The molecule has 0 fully saturated rings. The summed E-state index contributed by atoms with van der Waals surface area (Å²) >= 11 is 10.7. The smallest absolute Gasteiger partial charge is 0.169 e. The fourth-order valence-electron chi connectivity index (χ4n) is 1.66. The molecule has 0 N–H and O–H groups in total. The first-order valence-corrected chi connectivity index (χ1v) is 7.66. The van der Waals surface area contributed by atoms with Crippen molar-refractivity contribution >= 4 is 49.1 Å². The first-order chi connectivity index (χ1) is 9.63. The highest BCUT2D eigenvalue weighted by molar-refractivity contribution is 9.10. The molecular formula is C13H7BrClFN2OS. The van der Waals surface area contributed by atoms with E-state index in [4.69, 9.17) is 16.3 Å². The topological polar surface area (TPSA) is 35.0 Å². The zero-order valence-electron chi connectivity index (χ0n) is 9.94. The Kier molecular flexibility index (Phi) is 3.87. The highest BCUT2D eigenvalue weighted by atomic mass is 79.9. The van der Waals surface area contributed by atoms with Crippen LogP contribution >= 0.6 is 38.9 Å². The van der Waals surface area contributed by atoms with Crippen molar-refractivity contribution in [2.75, 3.05) is 0 Å². The van der Waals surface area contributed by atoms with Crippen molar-refractivity contribution in [3.63, 3.8) is 0 Å². The lowest BCUT2D eigenvalue weighted by Crippen LogP contribution is -2.02. The zero-order chi connectivity index (χ0) is 14.1. The van der Waals surface area contributed by atoms with E-state index >= 15 is 0 Å². The van der Waals surface area contributed by atoms with E-state index in [2.05, 4.69) is 25.9 Å². The molecule has 0 saturated carbocycles. The number of fused-ring (bicyclic) bond motifs is 1. The minimum absolute atomic E-state index is 0.0616. The van der Waals surface area contributed by atoms with Crippen molar-refractivity contribution < 1.29 is 9.13 Å². The zero-order valence-corrected chi connectivity index (χ0v) is 13.1. The normalized spacial score (nSPS) is 10.9. The maximum atomic E-state index is 13.6. The third-order valence-electron chi connectivity index (χ3n) is 2.58. The number of halogens is 3. The molecule has 3 nitrogen and oxygen atoms in total. The summed E-state index contributed by atoms with van der Waals surface area (Å²) in [4.78, 5) is 9.26. The molecule has 102 valence electrons. The SMILES string of the molecule is Fc1cc(Br)ccc1OCc1nc(Cl)c2ccsc2n1. The van der Waals surface area contributed by atoms with Crippen LogP contribution in [0.25, 0.3) is 10.2 Å². The van der Waals surface area contributed by atoms with Crippen LogP contribution in [0.1, 0.15) is 5.82 Å². The number of ether oxygens (including phenoxy) is 1. The lowest BCUT2D eigenvalue weighted by atomic mass is 10.3. The van der Waals surface area contributed by atoms with Crippen molar-refractivity contribution in [3.8, 4) is 5.75 Å². The van der Waals surface area contributed by atoms with Gasteiger partial charge in [0.2, 0.25) is 0 Å². The van der Waals surface area contributed by atoms with Gasteiger partial charge in [-0.15, -0.1) is 11.3 Å². The van der Waals surface area contributed by atoms with Crippen LogP contribution in [0.15, 0.2) is 34.1 Å². The Morgan fingerprint density at radius 3 is 2.95 bits per heavy atom. The van der Waals surface area contributed by atoms with Gasteiger partial charge in [-0.2, -0.15) is 0 Å². The Morgan fingerprint density at radius 1 is 1.30 bits per heavy atom. The summed E-state index contributed by atoms with van der Waals surface area (Å²) in [6.07, 6.45) is 0. The van der Waals surface area contributed by atoms with Gasteiger partial charge in [-0.3, -0.25) is 0 Å². The molecule has 0 aliphatic rings. The van der Waals surface area contributed by atoms with Gasteiger partial charge in [0.05, 0.1) is 0 Å². The van der Waals surface area contributed by atoms with Gasteiger partial charge in [-0.25, -0.2) is 14.4 Å². The maximum Gasteiger partial charge on any atom is 0.169 e. The maximum absolute atomic E-state index is 13.6. The van der Waals surface area contributed by atoms with Crippen LogP contribution in [0.3, 0.4) is 0 Å². The molecule has 0 spiro atoms. The highest BCUT2D eigenvalue weighted by Gasteiger charge is 2.09. The fraction of sp³-hybridized carbons (Fsp3) is 0.0769. The second kappa shape index (κ2) is 5.63. The number of rotatable bonds is 3. The van der Waals surface area contributed by atoms with Crippen molar-refractivity contribution in [1.29, 1.82) is 0 Å². The van der Waals surface area contributed by atoms with E-state index in [0.29, 0.717) is 15.5 Å². The van der Waals surface area contributed by atoms with Gasteiger partial charge in [0.1, 0.15) is 16.6 Å². The van der Waals surface area contributed by atoms with Gasteiger partial charge in [0.15, 0.2) is 17.4 Å². The van der Waals surface area contributed by atoms with Crippen LogP contribution in [-0.2, 0) is 6.61 Å². The highest BCUT2D eigenvalue weighted by Crippen LogP contribution is 2.26. The molecule has 20 heavy (non-hydrogen) atoms. The van der Waals surface area contributed by atoms with Crippen LogP contribution in [-0.4, -0.2) is 9.97 Å². The third kappa shape index (κ3) is 2.77. The predicted octanol–water partition coefficient (Wildman–Crippen LogP) is 4.83. The summed E-state index contributed by atoms with van der Waals surface area (Å²) < 4.78 is 19.7. The molecule has 2 heterocycles. The quantitative estimate of drug-likeness (QED) is 0.617. The van der Waals surface area contributed by atoms with Gasteiger partial charge < -0.3 is 4.74 Å². The van der Waals surface area contributed by atoms with Gasteiger partial charge in [0.25, 0.3) is 0 Å². The molecule has 0 aliphatic heterocycles. The Labute approximate surface area is 131 Å². The summed E-state index contributed by atoms with van der Waals surface area (Å²) in [6, 6.07) is 6.45. The van der Waals surface area contributed by atoms with E-state index in [1.807, 2.05) is 11.4 Å². The fourth-order valence-corrected chi connectivity index (χ4v) is 3.08. The first kappa shape index (κ1) is 13.7. The minimum Gasteiger partial charge on any atom is -0.483 e. The predicted molar refractivity (Wildman–Crippen MR) is 80.9 cm³/mol. The van der Waals surface area contributed by atoms with Gasteiger partial charge in [-0.1, -0.05) is 27.5 Å². The number of nitrogens with zero attached hydrogens (tertiary/aromatic N) is 2. The van der Waals surface area contributed by atoms with Gasteiger partial charge in [0, 0.05) is 9.86 Å². The molecular weight excluding hydrogens is 367 g/mol. The molecule has 0 radical (unpaired) electrons. The third-order valence-corrected chi connectivity index (χ3v) is 4.16. The number of thiophene rings is 1. The molecule has 0 bridgehead atoms. The number of hydrogen-bond donors (Lipinski definition) is 0. The molecule has 3 aromatic rings. The second-order valence-corrected chi connectivity index (χ2v) is 6.10. The van der Waals surface area contributed by atoms with Crippen molar-refractivity contribution in [2.45, 2.75) is 6.61 Å². The van der Waals surface area contributed by atoms with Crippen LogP contribution in [0.2, 0.25) is 5.15 Å². The van der Waals surface area contributed by atoms with E-state index in [1.165, 1.54) is 17.4 Å². The van der Waals surface area contributed by atoms with E-state index in [-0.39, 0.29) is 12.4 Å². The summed E-state index contributed by atoms with van der Waals surface area (Å²) in [5, 5.41) is 3.09. The van der Waals surface area contributed by atoms with Crippen molar-refractivity contribution in [1.82, 2.24) is 9.97 Å². The molecule has 3 rings (SSSR count). The Bertz CT molecular complexity index is 780. The molecule has 0 atom stereocenters. The summed E-state index contributed by atoms with van der Waals surface area (Å²) in [5.41, 5.74) is 0. The van der Waals surface area contributed by atoms with Gasteiger partial charge >= 0.3 is 0 Å². The Balaban J connectivity index is 1.82. The molecule has 1 aromatic carbocycles. The summed E-state index contributed by atoms with van der Waals surface area (Å²) in [6.45, 7) is 0.0616. The second-order valence-electron chi connectivity index (χ2n) is 3.93. The van der Waals surface area contributed by atoms with Crippen LogP contribution in [0, 0.1) is 5.82 Å². The van der Waals surface area contributed by atoms with E-state index < -0.39 is 5.82 Å². The first-order valence-electron chi connectivity index (χ1n) is 5.61. The van der Waals surface area contributed by atoms with E-state index in [9.17, 15) is 4.39 Å². The molecule has 2 aromatic heterocycles. The van der Waals surface area contributed by atoms with Crippen LogP contribution in [0.4, 0.5) is 4.39 Å². The Hall–Kier alpha value is -1.24. The largest absolute Gasteiger partial charge is 0.483 e. The number of aromatic nitrogens is 2. The summed E-state index contributed by atoms with van der Waals surface area (Å²) in [7, 11) is 0. The van der Waals surface area contributed by atoms with E-state index in [1.54, 1.807) is 12.1 Å². The average molecular weight is 374 g/mol. The van der Waals surface area contributed by atoms with Crippen molar-refractivity contribution in [3.05, 3.63) is 50.9 Å². The molecule has 0 aliphatic carbocycles. The molecule has 7 heteroatoms. The molecule has 0 unspecified atom stereocenters. The molecule has 0 amide bonds. The molecule has 0 saturated heterocycles. The number of benzene rings is 1. The minimum atomic E-state index is -0.442. The lowest BCUT2D eigenvalue weighted by Gasteiger charge is -2.07. The van der Waals surface area contributed by atoms with Crippen LogP contribution < -0.4 is 4.74 Å². The summed E-state index contributed by atoms with van der Waals surface area (Å²) in [5.74, 6) is 0.133. The van der Waals surface area contributed by atoms with Crippen LogP contribution in [0.5, 0.6) is 5.75 Å². The Morgan fingerprint density at radius 2 is 2.15 bits per heavy atom. The lowest BCUT2D eigenvalue weighted by molar-refractivity contribution is 0.281.